The zero-order chi connectivity index (χ0) is 5.54. The van der Waals surface area contributed by atoms with E-state index in [1.54, 1.807) is 7.11 Å². The zero-order valence-electron chi connectivity index (χ0n) is 5.03. The highest BCUT2D eigenvalue weighted by atomic mass is 28.2. The van der Waals surface area contributed by atoms with Crippen molar-refractivity contribution >= 4 is 9.92 Å². The Bertz CT molecular complexity index is 30.9. The maximum Gasteiger partial charge on any atom is 0.235 e. The highest BCUT2D eigenvalue weighted by Crippen LogP contribution is 1.65. The quantitative estimate of drug-likeness (QED) is 0.403. The summed E-state index contributed by atoms with van der Waals surface area (Å²) < 4.78 is 4.87. The second-order valence-electron chi connectivity index (χ2n) is 1.43. The van der Waals surface area contributed by atoms with E-state index in [1.807, 2.05) is 0 Å². The van der Waals surface area contributed by atoms with Crippen LogP contribution in [-0.4, -0.2) is 23.6 Å². The molecule has 0 bridgehead atoms. The van der Waals surface area contributed by atoms with Gasteiger partial charge in [-0.15, -0.1) is 0 Å². The van der Waals surface area contributed by atoms with Crippen molar-refractivity contribution in [3.05, 3.63) is 0 Å². The van der Waals surface area contributed by atoms with E-state index in [0.29, 0.717) is 0 Å². The smallest absolute Gasteiger partial charge is 0.235 e. The first-order valence-corrected chi connectivity index (χ1v) is 3.90. The lowest BCUT2D eigenvalue weighted by Crippen LogP contribution is -2.21. The summed E-state index contributed by atoms with van der Waals surface area (Å²) in [5, 5.41) is 0. The van der Waals surface area contributed by atoms with Crippen molar-refractivity contribution in [1.29, 1.82) is 0 Å². The van der Waals surface area contributed by atoms with Gasteiger partial charge in [0.1, 0.15) is 0 Å². The second-order valence-corrected chi connectivity index (χ2v) is 2.80. The van der Waals surface area contributed by atoms with Gasteiger partial charge in [0.05, 0.1) is 0 Å². The van der Waals surface area contributed by atoms with E-state index >= 15 is 0 Å². The van der Waals surface area contributed by atoms with E-state index in [1.165, 1.54) is 6.42 Å². The number of hydrogen-bond donors (Lipinski definition) is 1. The van der Waals surface area contributed by atoms with Gasteiger partial charge in [0.25, 0.3) is 0 Å². The Morgan fingerprint density at radius 3 is 2.86 bits per heavy atom. The molecule has 0 radical (unpaired) electrons. The fraction of sp³-hybridized carbons (Fsp3) is 1.00. The average molecular weight is 119 g/mol. The van der Waals surface area contributed by atoms with Crippen molar-refractivity contribution in [2.45, 2.75) is 13.3 Å². The van der Waals surface area contributed by atoms with Crippen LogP contribution < -0.4 is 4.98 Å². The van der Waals surface area contributed by atoms with E-state index < -0.39 is 0 Å². The predicted octanol–water partition coefficient (Wildman–Crippen LogP) is -0.369. The van der Waals surface area contributed by atoms with E-state index in [9.17, 15) is 0 Å². The molecular formula is C4H13NOSi. The Morgan fingerprint density at radius 1 is 1.71 bits per heavy atom. The van der Waals surface area contributed by atoms with Gasteiger partial charge in [0.2, 0.25) is 9.92 Å². The van der Waals surface area contributed by atoms with Gasteiger partial charge in [-0.1, -0.05) is 6.92 Å². The molecule has 0 amide bonds. The van der Waals surface area contributed by atoms with Crippen LogP contribution in [0.4, 0.5) is 0 Å². The van der Waals surface area contributed by atoms with E-state index in [2.05, 4.69) is 11.9 Å². The minimum atomic E-state index is -0.339. The average Bonchev–Trinajstić information content (AvgIpc) is 1.69. The van der Waals surface area contributed by atoms with Crippen LogP contribution in [0.25, 0.3) is 0 Å². The molecule has 0 fully saturated rings. The molecule has 0 aromatic heterocycles. The lowest BCUT2D eigenvalue weighted by Gasteiger charge is -1.95. The molecule has 2 nitrogen and oxygen atoms in total. The van der Waals surface area contributed by atoms with Gasteiger partial charge in [0, 0.05) is 7.11 Å². The lowest BCUT2D eigenvalue weighted by molar-refractivity contribution is 0.430. The summed E-state index contributed by atoms with van der Waals surface area (Å²) in [4.78, 5) is 3.20. The third kappa shape index (κ3) is 6.14. The molecule has 0 spiro atoms. The fourth-order valence-electron chi connectivity index (χ4n) is 0.351. The predicted molar refractivity (Wildman–Crippen MR) is 33.8 cm³/mol. The molecule has 0 heterocycles. The Kier molecular flexibility index (Phi) is 6.26. The lowest BCUT2D eigenvalue weighted by atomic mass is 10.5. The van der Waals surface area contributed by atoms with Crippen LogP contribution in [-0.2, 0) is 4.43 Å². The minimum absolute atomic E-state index is 0.339. The molecule has 7 heavy (non-hydrogen) atoms. The van der Waals surface area contributed by atoms with Crippen molar-refractivity contribution in [2.75, 3.05) is 13.7 Å². The Labute approximate surface area is 47.3 Å². The monoisotopic (exact) mass is 119 g/mol. The topological polar surface area (TPSA) is 21.3 Å². The molecule has 0 saturated heterocycles. The molecule has 0 saturated carbocycles. The molecule has 0 rings (SSSR count). The summed E-state index contributed by atoms with van der Waals surface area (Å²) in [6.45, 7) is 3.26. The summed E-state index contributed by atoms with van der Waals surface area (Å²) in [5.41, 5.74) is 0. The van der Waals surface area contributed by atoms with Crippen molar-refractivity contribution in [1.82, 2.24) is 4.98 Å². The summed E-state index contributed by atoms with van der Waals surface area (Å²) >= 11 is 0. The molecule has 0 aromatic carbocycles. The SMILES string of the molecule is CCCN[SiH2]OC. The van der Waals surface area contributed by atoms with Gasteiger partial charge in [-0.25, -0.2) is 0 Å². The summed E-state index contributed by atoms with van der Waals surface area (Å²) in [5.74, 6) is 0. The number of hydrogen-bond acceptors (Lipinski definition) is 2. The molecule has 0 atom stereocenters. The Morgan fingerprint density at radius 2 is 2.43 bits per heavy atom. The van der Waals surface area contributed by atoms with Gasteiger partial charge < -0.3 is 9.41 Å². The maximum atomic E-state index is 4.87. The van der Waals surface area contributed by atoms with Crippen LogP contribution in [0.1, 0.15) is 13.3 Å². The van der Waals surface area contributed by atoms with Crippen molar-refractivity contribution in [3.8, 4) is 0 Å². The molecule has 0 unspecified atom stereocenters. The third-order valence-electron chi connectivity index (χ3n) is 0.673. The van der Waals surface area contributed by atoms with Gasteiger partial charge in [-0.3, -0.25) is 0 Å². The molecule has 44 valence electrons. The first-order valence-electron chi connectivity index (χ1n) is 2.61. The van der Waals surface area contributed by atoms with E-state index in [0.717, 1.165) is 6.54 Å². The summed E-state index contributed by atoms with van der Waals surface area (Å²) in [6.07, 6.45) is 1.20. The van der Waals surface area contributed by atoms with Crippen molar-refractivity contribution in [2.24, 2.45) is 0 Å². The zero-order valence-corrected chi connectivity index (χ0v) is 6.44. The summed E-state index contributed by atoms with van der Waals surface area (Å²) in [6, 6.07) is 0. The first-order chi connectivity index (χ1) is 3.41. The maximum absolute atomic E-state index is 4.87. The Hall–Kier alpha value is 0.137. The first kappa shape index (κ1) is 7.14. The molecule has 0 aliphatic heterocycles. The highest BCUT2D eigenvalue weighted by molar-refractivity contribution is 6.23. The molecule has 1 N–H and O–H groups in total. The third-order valence-corrected chi connectivity index (χ3v) is 1.52. The molecule has 0 aliphatic rings. The van der Waals surface area contributed by atoms with Crippen LogP contribution >= 0.6 is 0 Å². The standard InChI is InChI=1S/C4H13NOSi/c1-3-4-5-7-6-2/h5H,3-4,7H2,1-2H3. The number of nitrogens with one attached hydrogen (secondary N) is 1. The minimum Gasteiger partial charge on any atom is -0.412 e. The normalized spacial score (nSPS) is 11.1. The van der Waals surface area contributed by atoms with Gasteiger partial charge >= 0.3 is 0 Å². The molecular weight excluding hydrogens is 106 g/mol. The van der Waals surface area contributed by atoms with Crippen LogP contribution in [0.3, 0.4) is 0 Å². The van der Waals surface area contributed by atoms with Crippen molar-refractivity contribution in [3.63, 3.8) is 0 Å². The van der Waals surface area contributed by atoms with Gasteiger partial charge in [-0.05, 0) is 13.0 Å². The van der Waals surface area contributed by atoms with Crippen LogP contribution in [0.5, 0.6) is 0 Å². The Balaban J connectivity index is 2.45. The van der Waals surface area contributed by atoms with E-state index in [-0.39, 0.29) is 9.92 Å². The molecule has 0 aromatic rings. The van der Waals surface area contributed by atoms with Crippen molar-refractivity contribution < 1.29 is 4.43 Å². The van der Waals surface area contributed by atoms with Gasteiger partial charge in [0.15, 0.2) is 0 Å². The molecule has 0 aliphatic carbocycles. The van der Waals surface area contributed by atoms with E-state index in [4.69, 9.17) is 4.43 Å². The van der Waals surface area contributed by atoms with Gasteiger partial charge in [-0.2, -0.15) is 0 Å². The number of rotatable bonds is 4. The van der Waals surface area contributed by atoms with Crippen LogP contribution in [0, 0.1) is 0 Å². The summed E-state index contributed by atoms with van der Waals surface area (Å²) in [7, 11) is 1.41. The highest BCUT2D eigenvalue weighted by Gasteiger charge is 1.78. The van der Waals surface area contributed by atoms with Crippen LogP contribution in [0.2, 0.25) is 0 Å². The molecule has 3 heteroatoms. The second kappa shape index (κ2) is 6.14. The largest absolute Gasteiger partial charge is 0.412 e. The fourth-order valence-corrected chi connectivity index (χ4v) is 1.05. The van der Waals surface area contributed by atoms with Crippen LogP contribution in [0.15, 0.2) is 0 Å².